The van der Waals surface area contributed by atoms with Gasteiger partial charge in [0.1, 0.15) is 0 Å². The molecular formula is C12H15BrOS. The van der Waals surface area contributed by atoms with Crippen LogP contribution in [0.1, 0.15) is 31.2 Å². The van der Waals surface area contributed by atoms with Gasteiger partial charge in [-0.1, -0.05) is 22.9 Å². The van der Waals surface area contributed by atoms with Crippen molar-refractivity contribution in [3.8, 4) is 0 Å². The van der Waals surface area contributed by atoms with Crippen LogP contribution < -0.4 is 0 Å². The smallest absolute Gasteiger partial charge is 0.0431 e. The van der Waals surface area contributed by atoms with Gasteiger partial charge in [-0.2, -0.15) is 0 Å². The van der Waals surface area contributed by atoms with Gasteiger partial charge in [-0.15, -0.1) is 11.8 Å². The van der Waals surface area contributed by atoms with Crippen LogP contribution in [-0.2, 0) is 0 Å². The average Bonchev–Trinajstić information content (AvgIpc) is 2.53. The molecule has 1 aliphatic rings. The van der Waals surface area contributed by atoms with Crippen molar-refractivity contribution >= 4 is 27.7 Å². The highest BCUT2D eigenvalue weighted by molar-refractivity contribution is 9.10. The van der Waals surface area contributed by atoms with Crippen LogP contribution in [0.15, 0.2) is 27.6 Å². The second-order valence-electron chi connectivity index (χ2n) is 3.99. The standard InChI is InChI=1S/C12H15BrOS/c1-8-10-7-9(13)4-5-12(10)15-11(8)3-2-6-14/h4-5,7-8,11,14H,2-3,6H2,1H3. The molecule has 0 amide bonds. The van der Waals surface area contributed by atoms with E-state index in [4.69, 9.17) is 5.11 Å². The zero-order chi connectivity index (χ0) is 10.8. The Kier molecular flexibility index (Phi) is 3.75. The summed E-state index contributed by atoms with van der Waals surface area (Å²) in [6.07, 6.45) is 2.02. The molecule has 0 saturated carbocycles. The first kappa shape index (κ1) is 11.5. The van der Waals surface area contributed by atoms with Gasteiger partial charge < -0.3 is 5.11 Å². The SMILES string of the molecule is CC1c2cc(Br)ccc2SC1CCCO. The molecule has 2 unspecified atom stereocenters. The van der Waals surface area contributed by atoms with E-state index in [0.717, 1.165) is 17.3 Å². The van der Waals surface area contributed by atoms with Gasteiger partial charge in [0.05, 0.1) is 0 Å². The molecule has 1 heterocycles. The molecule has 82 valence electrons. The maximum atomic E-state index is 8.86. The molecule has 15 heavy (non-hydrogen) atoms. The quantitative estimate of drug-likeness (QED) is 0.912. The minimum Gasteiger partial charge on any atom is -0.396 e. The molecule has 1 aliphatic heterocycles. The lowest BCUT2D eigenvalue weighted by molar-refractivity contribution is 0.283. The third kappa shape index (κ3) is 2.40. The first-order chi connectivity index (χ1) is 7.22. The Morgan fingerprint density at radius 3 is 3.00 bits per heavy atom. The van der Waals surface area contributed by atoms with Crippen molar-refractivity contribution in [2.24, 2.45) is 0 Å². The molecule has 1 aromatic carbocycles. The normalized spacial score (nSPS) is 24.2. The lowest BCUT2D eigenvalue weighted by Crippen LogP contribution is -2.07. The van der Waals surface area contributed by atoms with E-state index in [1.807, 2.05) is 11.8 Å². The summed E-state index contributed by atoms with van der Waals surface area (Å²) < 4.78 is 1.16. The van der Waals surface area contributed by atoms with Crippen molar-refractivity contribution in [2.45, 2.75) is 35.8 Å². The van der Waals surface area contributed by atoms with E-state index >= 15 is 0 Å². The summed E-state index contributed by atoms with van der Waals surface area (Å²) in [6.45, 7) is 2.59. The summed E-state index contributed by atoms with van der Waals surface area (Å²) in [5.74, 6) is 0.606. The maximum Gasteiger partial charge on any atom is 0.0431 e. The first-order valence-electron chi connectivity index (χ1n) is 5.29. The summed E-state index contributed by atoms with van der Waals surface area (Å²) in [5.41, 5.74) is 1.46. The van der Waals surface area contributed by atoms with Gasteiger partial charge in [-0.25, -0.2) is 0 Å². The zero-order valence-corrected chi connectivity index (χ0v) is 11.1. The van der Waals surface area contributed by atoms with Crippen LogP contribution in [0.4, 0.5) is 0 Å². The molecule has 1 nitrogen and oxygen atoms in total. The molecule has 0 bridgehead atoms. The molecule has 2 atom stereocenters. The summed E-state index contributed by atoms with van der Waals surface area (Å²) in [6, 6.07) is 6.53. The Hall–Kier alpha value is 0.01000. The minimum atomic E-state index is 0.309. The molecule has 0 radical (unpaired) electrons. The van der Waals surface area contributed by atoms with Crippen LogP contribution in [0, 0.1) is 0 Å². The van der Waals surface area contributed by atoms with Crippen LogP contribution in [0.3, 0.4) is 0 Å². The molecule has 0 spiro atoms. The molecule has 2 rings (SSSR count). The number of benzene rings is 1. The molecule has 0 aromatic heterocycles. The fourth-order valence-corrected chi connectivity index (χ4v) is 3.92. The fourth-order valence-electron chi connectivity index (χ4n) is 2.05. The van der Waals surface area contributed by atoms with E-state index in [1.54, 1.807) is 0 Å². The predicted molar refractivity (Wildman–Crippen MR) is 68.5 cm³/mol. The Morgan fingerprint density at radius 1 is 1.47 bits per heavy atom. The van der Waals surface area contributed by atoms with Gasteiger partial charge in [0.2, 0.25) is 0 Å². The van der Waals surface area contributed by atoms with E-state index in [9.17, 15) is 0 Å². The van der Waals surface area contributed by atoms with Crippen molar-refractivity contribution in [3.63, 3.8) is 0 Å². The Morgan fingerprint density at radius 2 is 2.27 bits per heavy atom. The van der Waals surface area contributed by atoms with Crippen LogP contribution in [0.25, 0.3) is 0 Å². The van der Waals surface area contributed by atoms with Gasteiger partial charge in [-0.05, 0) is 42.5 Å². The van der Waals surface area contributed by atoms with E-state index in [1.165, 1.54) is 10.5 Å². The number of hydrogen-bond acceptors (Lipinski definition) is 2. The second-order valence-corrected chi connectivity index (χ2v) is 6.19. The van der Waals surface area contributed by atoms with Crippen LogP contribution in [-0.4, -0.2) is 17.0 Å². The average molecular weight is 287 g/mol. The lowest BCUT2D eigenvalue weighted by Gasteiger charge is -2.13. The number of rotatable bonds is 3. The highest BCUT2D eigenvalue weighted by Crippen LogP contribution is 2.47. The summed E-state index contributed by atoms with van der Waals surface area (Å²) in [7, 11) is 0. The number of aliphatic hydroxyl groups is 1. The van der Waals surface area contributed by atoms with Crippen molar-refractivity contribution in [3.05, 3.63) is 28.2 Å². The van der Waals surface area contributed by atoms with Gasteiger partial charge in [0, 0.05) is 21.2 Å². The molecular weight excluding hydrogens is 272 g/mol. The Balaban J connectivity index is 2.14. The highest BCUT2D eigenvalue weighted by atomic mass is 79.9. The molecule has 0 fully saturated rings. The summed E-state index contributed by atoms with van der Waals surface area (Å²) >= 11 is 5.48. The molecule has 1 N–H and O–H groups in total. The van der Waals surface area contributed by atoms with Crippen molar-refractivity contribution < 1.29 is 5.11 Å². The number of aliphatic hydroxyl groups excluding tert-OH is 1. The summed E-state index contributed by atoms with van der Waals surface area (Å²) in [4.78, 5) is 1.41. The highest BCUT2D eigenvalue weighted by Gasteiger charge is 2.29. The van der Waals surface area contributed by atoms with Gasteiger partial charge >= 0.3 is 0 Å². The van der Waals surface area contributed by atoms with E-state index in [-0.39, 0.29) is 0 Å². The third-order valence-corrected chi connectivity index (χ3v) is 5.01. The molecule has 1 aromatic rings. The van der Waals surface area contributed by atoms with Crippen molar-refractivity contribution in [2.75, 3.05) is 6.61 Å². The number of fused-ring (bicyclic) bond motifs is 1. The molecule has 0 saturated heterocycles. The molecule has 3 heteroatoms. The van der Waals surface area contributed by atoms with E-state index in [2.05, 4.69) is 41.1 Å². The van der Waals surface area contributed by atoms with E-state index in [0.29, 0.717) is 17.8 Å². The number of hydrogen-bond donors (Lipinski definition) is 1. The fraction of sp³-hybridized carbons (Fsp3) is 0.500. The van der Waals surface area contributed by atoms with Crippen LogP contribution in [0.2, 0.25) is 0 Å². The Bertz CT molecular complexity index is 353. The third-order valence-electron chi connectivity index (χ3n) is 2.95. The predicted octanol–water partition coefficient (Wildman–Crippen LogP) is 3.80. The van der Waals surface area contributed by atoms with Gasteiger partial charge in [-0.3, -0.25) is 0 Å². The first-order valence-corrected chi connectivity index (χ1v) is 6.96. The molecule has 0 aliphatic carbocycles. The van der Waals surface area contributed by atoms with Crippen LogP contribution in [0.5, 0.6) is 0 Å². The largest absolute Gasteiger partial charge is 0.396 e. The minimum absolute atomic E-state index is 0.309. The monoisotopic (exact) mass is 286 g/mol. The maximum absolute atomic E-state index is 8.86. The number of halogens is 1. The van der Waals surface area contributed by atoms with Crippen molar-refractivity contribution in [1.29, 1.82) is 0 Å². The van der Waals surface area contributed by atoms with E-state index < -0.39 is 0 Å². The van der Waals surface area contributed by atoms with Crippen molar-refractivity contribution in [1.82, 2.24) is 0 Å². The lowest BCUT2D eigenvalue weighted by atomic mass is 9.95. The van der Waals surface area contributed by atoms with Gasteiger partial charge in [0.15, 0.2) is 0 Å². The Labute approximate surface area is 103 Å². The summed E-state index contributed by atoms with van der Waals surface area (Å²) in [5, 5.41) is 9.50. The number of thioether (sulfide) groups is 1. The second kappa shape index (κ2) is 4.89. The topological polar surface area (TPSA) is 20.2 Å². The van der Waals surface area contributed by atoms with Crippen LogP contribution >= 0.6 is 27.7 Å². The zero-order valence-electron chi connectivity index (χ0n) is 8.74. The van der Waals surface area contributed by atoms with Gasteiger partial charge in [0.25, 0.3) is 0 Å².